The smallest absolute Gasteiger partial charge is 0.230 e. The minimum absolute atomic E-state index is 0.0585. The molecule has 0 N–H and O–H groups in total. The van der Waals surface area contributed by atoms with Crippen molar-refractivity contribution in [2.24, 2.45) is 5.92 Å². The van der Waals surface area contributed by atoms with Gasteiger partial charge in [0.05, 0.1) is 5.69 Å². The van der Waals surface area contributed by atoms with E-state index in [9.17, 15) is 14.4 Å². The first-order valence-corrected chi connectivity index (χ1v) is 7.77. The van der Waals surface area contributed by atoms with E-state index >= 15 is 0 Å². The third-order valence-electron chi connectivity index (χ3n) is 4.61. The molecule has 22 heavy (non-hydrogen) atoms. The molecule has 5 heteroatoms. The van der Waals surface area contributed by atoms with Crippen molar-refractivity contribution in [1.29, 1.82) is 0 Å². The molecule has 0 bridgehead atoms. The van der Waals surface area contributed by atoms with Crippen LogP contribution < -0.4 is 4.90 Å². The molecule has 5 nitrogen and oxygen atoms in total. The number of benzene rings is 1. The van der Waals surface area contributed by atoms with Crippen molar-refractivity contribution < 1.29 is 14.4 Å². The van der Waals surface area contributed by atoms with Gasteiger partial charge in [-0.1, -0.05) is 12.1 Å². The molecule has 116 valence electrons. The minimum Gasteiger partial charge on any atom is -0.343 e. The molecule has 0 radical (unpaired) electrons. The average Bonchev–Trinajstić information content (AvgIpc) is 2.55. The zero-order chi connectivity index (χ0) is 15.7. The van der Waals surface area contributed by atoms with E-state index in [0.717, 1.165) is 5.69 Å². The topological polar surface area (TPSA) is 57.7 Å². The highest BCUT2D eigenvalue weighted by atomic mass is 16.2. The van der Waals surface area contributed by atoms with Gasteiger partial charge in [0.2, 0.25) is 11.8 Å². The lowest BCUT2D eigenvalue weighted by atomic mass is 9.92. The lowest BCUT2D eigenvalue weighted by Crippen LogP contribution is -2.46. The Kier molecular flexibility index (Phi) is 3.96. The number of fused-ring (bicyclic) bond motifs is 1. The number of carbonyl (C=O) groups excluding carboxylic acids is 3. The lowest BCUT2D eigenvalue weighted by Gasteiger charge is -2.35. The first kappa shape index (κ1) is 14.8. The van der Waals surface area contributed by atoms with Crippen LogP contribution in [0.15, 0.2) is 24.3 Å². The van der Waals surface area contributed by atoms with Gasteiger partial charge < -0.3 is 9.80 Å². The number of hydrogen-bond acceptors (Lipinski definition) is 3. The Morgan fingerprint density at radius 1 is 1.09 bits per heavy atom. The van der Waals surface area contributed by atoms with Crippen molar-refractivity contribution in [2.75, 3.05) is 24.5 Å². The Labute approximate surface area is 129 Å². The highest BCUT2D eigenvalue weighted by Crippen LogP contribution is 2.30. The number of anilines is 1. The molecule has 0 atom stereocenters. The van der Waals surface area contributed by atoms with Crippen molar-refractivity contribution in [3.8, 4) is 0 Å². The zero-order valence-corrected chi connectivity index (χ0v) is 12.7. The molecule has 2 aliphatic heterocycles. The van der Waals surface area contributed by atoms with E-state index in [1.165, 1.54) is 0 Å². The first-order valence-electron chi connectivity index (χ1n) is 7.77. The summed E-state index contributed by atoms with van der Waals surface area (Å²) < 4.78 is 0. The minimum atomic E-state index is -0.0585. The van der Waals surface area contributed by atoms with Crippen LogP contribution in [0.5, 0.6) is 0 Å². The number of nitrogens with zero attached hydrogens (tertiary/aromatic N) is 2. The van der Waals surface area contributed by atoms with Crippen LogP contribution in [0.2, 0.25) is 0 Å². The molecule has 3 rings (SSSR count). The predicted molar refractivity (Wildman–Crippen MR) is 82.7 cm³/mol. The third kappa shape index (κ3) is 2.63. The summed E-state index contributed by atoms with van der Waals surface area (Å²) in [5.74, 6) is 0.200. The lowest BCUT2D eigenvalue weighted by molar-refractivity contribution is -0.133. The Balaban J connectivity index is 1.75. The molecule has 1 fully saturated rings. The Morgan fingerprint density at radius 2 is 1.77 bits per heavy atom. The largest absolute Gasteiger partial charge is 0.343 e. The van der Waals surface area contributed by atoms with Gasteiger partial charge in [-0.3, -0.25) is 14.4 Å². The van der Waals surface area contributed by atoms with E-state index in [1.807, 2.05) is 18.2 Å². The number of piperidine rings is 1. The van der Waals surface area contributed by atoms with Gasteiger partial charge in [-0.2, -0.15) is 0 Å². The number of amides is 2. The quantitative estimate of drug-likeness (QED) is 0.795. The maximum atomic E-state index is 12.8. The molecule has 1 aromatic carbocycles. The summed E-state index contributed by atoms with van der Waals surface area (Å²) in [5, 5.41) is 0. The molecule has 1 aromatic rings. The second kappa shape index (κ2) is 5.91. The summed E-state index contributed by atoms with van der Waals surface area (Å²) in [5.41, 5.74) is 1.38. The summed E-state index contributed by atoms with van der Waals surface area (Å²) in [6.45, 7) is 3.30. The summed E-state index contributed by atoms with van der Waals surface area (Å²) in [7, 11) is 0. The van der Waals surface area contributed by atoms with Crippen molar-refractivity contribution in [2.45, 2.75) is 26.2 Å². The number of carbonyl (C=O) groups is 3. The van der Waals surface area contributed by atoms with Crippen LogP contribution >= 0.6 is 0 Å². The van der Waals surface area contributed by atoms with E-state index in [2.05, 4.69) is 0 Å². The van der Waals surface area contributed by atoms with E-state index in [-0.39, 0.29) is 23.5 Å². The average molecular weight is 300 g/mol. The fourth-order valence-corrected chi connectivity index (χ4v) is 3.30. The summed E-state index contributed by atoms with van der Waals surface area (Å²) in [6, 6.07) is 7.32. The van der Waals surface area contributed by atoms with E-state index in [4.69, 9.17) is 0 Å². The molecule has 0 aromatic heterocycles. The second-order valence-electron chi connectivity index (χ2n) is 5.96. The number of likely N-dealkylation sites (tertiary alicyclic amines) is 1. The first-order chi connectivity index (χ1) is 10.6. The summed E-state index contributed by atoms with van der Waals surface area (Å²) in [4.78, 5) is 39.7. The van der Waals surface area contributed by atoms with Crippen molar-refractivity contribution in [1.82, 2.24) is 4.90 Å². The molecule has 0 spiro atoms. The number of ketones is 1. The van der Waals surface area contributed by atoms with Gasteiger partial charge in [0, 0.05) is 44.5 Å². The van der Waals surface area contributed by atoms with Crippen LogP contribution in [-0.2, 0) is 9.59 Å². The Morgan fingerprint density at radius 3 is 2.45 bits per heavy atom. The molecule has 2 amide bonds. The van der Waals surface area contributed by atoms with Gasteiger partial charge in [0.25, 0.3) is 0 Å². The van der Waals surface area contributed by atoms with Gasteiger partial charge in [0.1, 0.15) is 0 Å². The number of Topliss-reactive ketones (excluding diaryl/α,β-unsaturated/α-hetero) is 1. The summed E-state index contributed by atoms with van der Waals surface area (Å²) >= 11 is 0. The van der Waals surface area contributed by atoms with Crippen LogP contribution in [0.3, 0.4) is 0 Å². The molecule has 1 saturated heterocycles. The highest BCUT2D eigenvalue weighted by Gasteiger charge is 2.33. The molecule has 2 heterocycles. The van der Waals surface area contributed by atoms with Crippen molar-refractivity contribution in [3.05, 3.63) is 29.8 Å². The molecule has 0 saturated carbocycles. The number of para-hydroxylation sites is 1. The molecular formula is C17H20N2O3. The van der Waals surface area contributed by atoms with Crippen molar-refractivity contribution in [3.63, 3.8) is 0 Å². The Bertz CT molecular complexity index is 618. The SMILES string of the molecule is CC(=O)N1CCC(C(=O)N2CCC(=O)c3ccccc32)CC1. The molecule has 0 aliphatic carbocycles. The second-order valence-corrected chi connectivity index (χ2v) is 5.96. The number of rotatable bonds is 1. The third-order valence-corrected chi connectivity index (χ3v) is 4.61. The summed E-state index contributed by atoms with van der Waals surface area (Å²) in [6.07, 6.45) is 1.78. The molecule has 2 aliphatic rings. The number of hydrogen-bond donors (Lipinski definition) is 0. The van der Waals surface area contributed by atoms with Crippen LogP contribution in [0.25, 0.3) is 0 Å². The standard InChI is InChI=1S/C17H20N2O3/c1-12(20)18-9-6-13(7-10-18)17(22)19-11-8-16(21)14-4-2-3-5-15(14)19/h2-5,13H,6-11H2,1H3. The van der Waals surface area contributed by atoms with Crippen LogP contribution in [0.4, 0.5) is 5.69 Å². The van der Waals surface area contributed by atoms with Crippen LogP contribution in [0, 0.1) is 5.92 Å². The fourth-order valence-electron chi connectivity index (χ4n) is 3.30. The van der Waals surface area contributed by atoms with Gasteiger partial charge in [-0.15, -0.1) is 0 Å². The zero-order valence-electron chi connectivity index (χ0n) is 12.7. The predicted octanol–water partition coefficient (Wildman–Crippen LogP) is 1.86. The van der Waals surface area contributed by atoms with Gasteiger partial charge in [-0.05, 0) is 25.0 Å². The van der Waals surface area contributed by atoms with Crippen LogP contribution in [-0.4, -0.2) is 42.1 Å². The monoisotopic (exact) mass is 300 g/mol. The molecular weight excluding hydrogens is 280 g/mol. The van der Waals surface area contributed by atoms with Gasteiger partial charge in [0.15, 0.2) is 5.78 Å². The maximum Gasteiger partial charge on any atom is 0.230 e. The normalized spacial score (nSPS) is 19.0. The van der Waals surface area contributed by atoms with E-state index in [1.54, 1.807) is 22.8 Å². The van der Waals surface area contributed by atoms with Crippen molar-refractivity contribution >= 4 is 23.3 Å². The van der Waals surface area contributed by atoms with E-state index < -0.39 is 0 Å². The highest BCUT2D eigenvalue weighted by molar-refractivity contribution is 6.09. The van der Waals surface area contributed by atoms with Crippen LogP contribution in [0.1, 0.15) is 36.5 Å². The van der Waals surface area contributed by atoms with E-state index in [0.29, 0.717) is 44.5 Å². The van der Waals surface area contributed by atoms with Gasteiger partial charge >= 0.3 is 0 Å². The van der Waals surface area contributed by atoms with Gasteiger partial charge in [-0.25, -0.2) is 0 Å². The fraction of sp³-hybridized carbons (Fsp3) is 0.471. The molecule has 0 unspecified atom stereocenters. The Hall–Kier alpha value is -2.17. The maximum absolute atomic E-state index is 12.8.